The molecule has 68 valence electrons. The maximum Gasteiger partial charge on any atom is 0.370 e. The van der Waals surface area contributed by atoms with Crippen molar-refractivity contribution in [2.75, 3.05) is 0 Å². The second-order valence-corrected chi connectivity index (χ2v) is 2.23. The van der Waals surface area contributed by atoms with E-state index >= 15 is 0 Å². The minimum absolute atomic E-state index is 0.344. The van der Waals surface area contributed by atoms with Crippen LogP contribution in [0.15, 0.2) is 24.7 Å². The van der Waals surface area contributed by atoms with Crippen molar-refractivity contribution in [2.45, 2.75) is 20.1 Å². The smallest absolute Gasteiger partial charge is 0.370 e. The lowest BCUT2D eigenvalue weighted by atomic mass is 10.5. The first kappa shape index (κ1) is 10.6. The molecule has 0 bridgehead atoms. The van der Waals surface area contributed by atoms with Crippen LogP contribution in [0, 0.1) is 0 Å². The van der Waals surface area contributed by atoms with Crippen molar-refractivity contribution < 1.29 is 19.4 Å². The normalized spacial score (nSPS) is 11.5. The van der Waals surface area contributed by atoms with Crippen LogP contribution in [-0.4, -0.2) is 17.4 Å². The molecule has 1 atom stereocenters. The van der Waals surface area contributed by atoms with Gasteiger partial charge in [0, 0.05) is 6.92 Å². The van der Waals surface area contributed by atoms with Gasteiger partial charge in [0.15, 0.2) is 0 Å². The van der Waals surface area contributed by atoms with E-state index in [4.69, 9.17) is 14.6 Å². The number of rotatable bonds is 5. The summed E-state index contributed by atoms with van der Waals surface area (Å²) < 4.78 is 9.68. The highest BCUT2D eigenvalue weighted by Crippen LogP contribution is 2.05. The van der Waals surface area contributed by atoms with Gasteiger partial charge >= 0.3 is 5.97 Å². The van der Waals surface area contributed by atoms with Crippen LogP contribution >= 0.6 is 0 Å². The van der Waals surface area contributed by atoms with E-state index in [0.717, 1.165) is 0 Å². The summed E-state index contributed by atoms with van der Waals surface area (Å²) in [6.07, 6.45) is -0.675. The van der Waals surface area contributed by atoms with Crippen LogP contribution in [0.1, 0.15) is 13.8 Å². The summed E-state index contributed by atoms with van der Waals surface area (Å²) in [4.78, 5) is 10.2. The Kier molecular flexibility index (Phi) is 3.90. The van der Waals surface area contributed by atoms with Crippen molar-refractivity contribution in [1.29, 1.82) is 0 Å². The third kappa shape index (κ3) is 4.38. The lowest BCUT2D eigenvalue weighted by Crippen LogP contribution is -2.14. The summed E-state index contributed by atoms with van der Waals surface area (Å²) in [6, 6.07) is 0. The zero-order valence-electron chi connectivity index (χ0n) is 7.16. The largest absolute Gasteiger partial charge is 0.475 e. The molecule has 0 amide bonds. The molecule has 4 heteroatoms. The Morgan fingerprint density at radius 2 is 1.92 bits per heavy atom. The molecule has 0 aliphatic carbocycles. The highest BCUT2D eigenvalue weighted by Gasteiger charge is 2.10. The van der Waals surface area contributed by atoms with Crippen LogP contribution in [0.4, 0.5) is 0 Å². The Balaban J connectivity index is 3.84. The zero-order valence-corrected chi connectivity index (χ0v) is 7.16. The topological polar surface area (TPSA) is 55.8 Å². The summed E-state index contributed by atoms with van der Waals surface area (Å²) in [5, 5.41) is 8.36. The van der Waals surface area contributed by atoms with Gasteiger partial charge in [0.2, 0.25) is 12.0 Å². The van der Waals surface area contributed by atoms with Gasteiger partial charge in [-0.1, -0.05) is 6.58 Å². The Morgan fingerprint density at radius 1 is 1.42 bits per heavy atom. The van der Waals surface area contributed by atoms with E-state index in [1.165, 1.54) is 0 Å². The third-order valence-electron chi connectivity index (χ3n) is 0.914. The van der Waals surface area contributed by atoms with Gasteiger partial charge < -0.3 is 14.6 Å². The van der Waals surface area contributed by atoms with Crippen LogP contribution in [-0.2, 0) is 14.3 Å². The predicted octanol–water partition coefficient (Wildman–Crippen LogP) is 1.50. The van der Waals surface area contributed by atoms with Gasteiger partial charge in [-0.3, -0.25) is 0 Å². The molecule has 0 rings (SSSR count). The van der Waals surface area contributed by atoms with Crippen LogP contribution in [0.2, 0.25) is 0 Å². The molecule has 12 heavy (non-hydrogen) atoms. The molecular weight excluding hydrogens is 160 g/mol. The molecule has 0 saturated heterocycles. The fourth-order valence-electron chi connectivity index (χ4n) is 0.558. The molecule has 0 aliphatic rings. The number of ether oxygens (including phenoxy) is 2. The van der Waals surface area contributed by atoms with E-state index in [0.29, 0.717) is 5.76 Å². The van der Waals surface area contributed by atoms with Crippen molar-refractivity contribution in [3.63, 3.8) is 0 Å². The molecule has 0 aliphatic heterocycles. The van der Waals surface area contributed by atoms with E-state index in [-0.39, 0.29) is 5.76 Å². The number of carboxylic acid groups (broad SMARTS) is 1. The molecule has 0 aromatic carbocycles. The quantitative estimate of drug-likeness (QED) is 0.388. The van der Waals surface area contributed by atoms with Crippen LogP contribution in [0.3, 0.4) is 0 Å². The summed E-state index contributed by atoms with van der Waals surface area (Å²) in [5.74, 6) is -1.09. The molecule has 4 nitrogen and oxygen atoms in total. The average Bonchev–Trinajstić information content (AvgIpc) is 1.84. The number of allylic oxidation sites excluding steroid dienone is 1. The predicted molar refractivity (Wildman–Crippen MR) is 43.2 cm³/mol. The van der Waals surface area contributed by atoms with Crippen molar-refractivity contribution >= 4 is 5.97 Å². The van der Waals surface area contributed by atoms with Crippen molar-refractivity contribution in [3.8, 4) is 0 Å². The number of carboxylic acids is 1. The number of carbonyl (C=O) groups is 1. The molecule has 0 aromatic rings. The van der Waals surface area contributed by atoms with E-state index in [1.54, 1.807) is 13.8 Å². The molecule has 0 radical (unpaired) electrons. The maximum absolute atomic E-state index is 10.2. The van der Waals surface area contributed by atoms with Crippen molar-refractivity contribution in [1.82, 2.24) is 0 Å². The first-order chi connectivity index (χ1) is 5.43. The molecule has 0 saturated carbocycles. The van der Waals surface area contributed by atoms with Gasteiger partial charge in [-0.05, 0) is 13.5 Å². The summed E-state index contributed by atoms with van der Waals surface area (Å²) in [5.41, 5.74) is 0. The van der Waals surface area contributed by atoms with E-state index in [2.05, 4.69) is 13.2 Å². The molecule has 0 spiro atoms. The monoisotopic (exact) mass is 172 g/mol. The Hall–Kier alpha value is -1.45. The van der Waals surface area contributed by atoms with Gasteiger partial charge in [0.1, 0.15) is 0 Å². The van der Waals surface area contributed by atoms with Gasteiger partial charge in [-0.2, -0.15) is 0 Å². The summed E-state index contributed by atoms with van der Waals surface area (Å²) >= 11 is 0. The zero-order chi connectivity index (χ0) is 9.72. The fraction of sp³-hybridized carbons (Fsp3) is 0.375. The van der Waals surface area contributed by atoms with Crippen LogP contribution in [0.25, 0.3) is 0 Å². The fourth-order valence-corrected chi connectivity index (χ4v) is 0.558. The first-order valence-corrected chi connectivity index (χ1v) is 3.34. The first-order valence-electron chi connectivity index (χ1n) is 3.34. The molecule has 1 N–H and O–H groups in total. The van der Waals surface area contributed by atoms with E-state index in [1.807, 2.05) is 0 Å². The average molecular weight is 172 g/mol. The molecule has 0 heterocycles. The van der Waals surface area contributed by atoms with Crippen LogP contribution in [0.5, 0.6) is 0 Å². The highest BCUT2D eigenvalue weighted by molar-refractivity contribution is 5.83. The number of hydrogen-bond donors (Lipinski definition) is 1. The Labute approximate surface area is 71.1 Å². The van der Waals surface area contributed by atoms with E-state index < -0.39 is 12.3 Å². The lowest BCUT2D eigenvalue weighted by Gasteiger charge is -2.15. The van der Waals surface area contributed by atoms with Gasteiger partial charge in [0.25, 0.3) is 0 Å². The SMILES string of the molecule is C=C(C)OC(C)OC(=C)C(=O)O. The number of hydrogen-bond acceptors (Lipinski definition) is 3. The van der Waals surface area contributed by atoms with Crippen molar-refractivity contribution in [2.24, 2.45) is 0 Å². The molecule has 0 aromatic heterocycles. The second kappa shape index (κ2) is 4.43. The maximum atomic E-state index is 10.2. The minimum atomic E-state index is -1.20. The lowest BCUT2D eigenvalue weighted by molar-refractivity contribution is -0.143. The molecule has 0 fully saturated rings. The summed E-state index contributed by atoms with van der Waals surface area (Å²) in [7, 11) is 0. The Morgan fingerprint density at radius 3 is 2.25 bits per heavy atom. The minimum Gasteiger partial charge on any atom is -0.475 e. The van der Waals surface area contributed by atoms with E-state index in [9.17, 15) is 4.79 Å². The molecule has 1 unspecified atom stereocenters. The highest BCUT2D eigenvalue weighted by atomic mass is 16.7. The Bertz CT molecular complexity index is 207. The van der Waals surface area contributed by atoms with Crippen molar-refractivity contribution in [3.05, 3.63) is 24.7 Å². The second-order valence-electron chi connectivity index (χ2n) is 2.23. The number of aliphatic carboxylic acids is 1. The van der Waals surface area contributed by atoms with Gasteiger partial charge in [-0.15, -0.1) is 0 Å². The third-order valence-corrected chi connectivity index (χ3v) is 0.914. The summed E-state index contributed by atoms with van der Waals surface area (Å²) in [6.45, 7) is 9.84. The van der Waals surface area contributed by atoms with Gasteiger partial charge in [-0.25, -0.2) is 4.79 Å². The van der Waals surface area contributed by atoms with Crippen LogP contribution < -0.4 is 0 Å². The van der Waals surface area contributed by atoms with Gasteiger partial charge in [0.05, 0.1) is 5.76 Å². The molecular formula is C8H12O4. The standard InChI is InChI=1S/C8H12O4/c1-5(2)11-7(4)12-6(3)8(9)10/h7H,1,3H2,2,4H3,(H,9,10).